The molecule has 0 aliphatic carbocycles. The first-order valence-corrected chi connectivity index (χ1v) is 11.8. The molecule has 39 heavy (non-hydrogen) atoms. The number of ether oxygens (including phenoxy) is 1. The highest BCUT2D eigenvalue weighted by Gasteiger charge is 2.31. The second kappa shape index (κ2) is 11.3. The molecule has 0 spiro atoms. The van der Waals surface area contributed by atoms with Crippen molar-refractivity contribution in [2.75, 3.05) is 10.6 Å². The van der Waals surface area contributed by atoms with Gasteiger partial charge in [0.2, 0.25) is 0 Å². The molecular formula is C27H21F3N6O2S. The molecule has 1 amide bonds. The summed E-state index contributed by atoms with van der Waals surface area (Å²) in [5, 5.41) is 19.8. The van der Waals surface area contributed by atoms with Crippen LogP contribution in [-0.2, 0) is 4.79 Å². The summed E-state index contributed by atoms with van der Waals surface area (Å²) in [5.74, 6) is -0.615. The number of para-hydroxylation sites is 1. The Labute approximate surface area is 227 Å². The van der Waals surface area contributed by atoms with E-state index >= 15 is 0 Å². The van der Waals surface area contributed by atoms with Crippen LogP contribution in [0.3, 0.4) is 0 Å². The van der Waals surface area contributed by atoms with E-state index in [-0.39, 0.29) is 16.4 Å². The molecule has 0 radical (unpaired) electrons. The number of nitrogens with one attached hydrogen (secondary N) is 2. The van der Waals surface area contributed by atoms with Gasteiger partial charge >= 0.3 is 6.36 Å². The number of rotatable bonds is 7. The Morgan fingerprint density at radius 1 is 1.00 bits per heavy atom. The minimum absolute atomic E-state index is 0.122. The largest absolute Gasteiger partial charge is 0.573 e. The van der Waals surface area contributed by atoms with Gasteiger partial charge < -0.3 is 15.4 Å². The standard InChI is InChI=1S/C27H21F3N6O2S/c1-16-4-3-5-17(2)23(16)34-26(39)22(14-31)25(37)33-19-8-6-18(7-9-19)24-32-15-36(35-24)20-10-12-21(13-11-20)38-27(28,29)30/h3-13,15,34,39H,1-2H3,(H,33,37). The minimum Gasteiger partial charge on any atom is -0.406 e. The molecule has 0 saturated carbocycles. The Morgan fingerprint density at radius 2 is 1.64 bits per heavy atom. The summed E-state index contributed by atoms with van der Waals surface area (Å²) in [6, 6.07) is 19.4. The van der Waals surface area contributed by atoms with E-state index in [1.54, 1.807) is 24.3 Å². The predicted molar refractivity (Wildman–Crippen MR) is 143 cm³/mol. The zero-order valence-electron chi connectivity index (χ0n) is 20.6. The first kappa shape index (κ1) is 27.3. The lowest BCUT2D eigenvalue weighted by Crippen LogP contribution is -2.17. The maximum Gasteiger partial charge on any atom is 0.573 e. The van der Waals surface area contributed by atoms with E-state index in [1.807, 2.05) is 38.1 Å². The molecule has 0 unspecified atom stereocenters. The summed E-state index contributed by atoms with van der Waals surface area (Å²) < 4.78 is 42.4. The van der Waals surface area contributed by atoms with Gasteiger partial charge in [-0.3, -0.25) is 4.79 Å². The average molecular weight is 551 g/mol. The third-order valence-corrected chi connectivity index (χ3v) is 5.86. The predicted octanol–water partition coefficient (Wildman–Crippen LogP) is 6.17. The molecular weight excluding hydrogens is 529 g/mol. The van der Waals surface area contributed by atoms with Gasteiger partial charge in [-0.25, -0.2) is 9.67 Å². The van der Waals surface area contributed by atoms with Gasteiger partial charge in [-0.2, -0.15) is 5.26 Å². The molecule has 8 nitrogen and oxygen atoms in total. The van der Waals surface area contributed by atoms with E-state index in [0.29, 0.717) is 22.8 Å². The Hall–Kier alpha value is -4.76. The van der Waals surface area contributed by atoms with Crippen LogP contribution >= 0.6 is 12.6 Å². The molecule has 12 heteroatoms. The van der Waals surface area contributed by atoms with Gasteiger partial charge in [-0.1, -0.05) is 18.2 Å². The number of nitrogens with zero attached hydrogens (tertiary/aromatic N) is 4. The van der Waals surface area contributed by atoms with Crippen molar-refractivity contribution >= 4 is 29.9 Å². The first-order chi connectivity index (χ1) is 18.5. The normalized spacial score (nSPS) is 11.8. The molecule has 0 aliphatic rings. The second-order valence-corrected chi connectivity index (χ2v) is 8.76. The number of nitriles is 1. The van der Waals surface area contributed by atoms with Gasteiger partial charge in [0.25, 0.3) is 5.91 Å². The Kier molecular flexibility index (Phi) is 7.92. The van der Waals surface area contributed by atoms with Crippen molar-refractivity contribution in [3.8, 4) is 28.9 Å². The van der Waals surface area contributed by atoms with Gasteiger partial charge in [0.05, 0.1) is 10.7 Å². The third-order valence-electron chi connectivity index (χ3n) is 5.53. The van der Waals surface area contributed by atoms with E-state index in [1.165, 1.54) is 35.3 Å². The number of aryl methyl sites for hydroxylation is 2. The maximum atomic E-state index is 12.8. The molecule has 3 aromatic carbocycles. The molecule has 0 atom stereocenters. The third kappa shape index (κ3) is 6.77. The molecule has 0 fully saturated rings. The molecule has 4 rings (SSSR count). The summed E-state index contributed by atoms with van der Waals surface area (Å²) in [4.78, 5) is 17.0. The van der Waals surface area contributed by atoms with E-state index in [0.717, 1.165) is 16.8 Å². The monoisotopic (exact) mass is 550 g/mol. The number of hydrogen-bond acceptors (Lipinski definition) is 7. The number of carbonyl (C=O) groups is 1. The number of thiol groups is 1. The van der Waals surface area contributed by atoms with Gasteiger partial charge in [-0.15, -0.1) is 30.9 Å². The van der Waals surface area contributed by atoms with Crippen molar-refractivity contribution in [2.45, 2.75) is 20.2 Å². The fourth-order valence-electron chi connectivity index (χ4n) is 3.62. The molecule has 0 bridgehead atoms. The van der Waals surface area contributed by atoms with Crippen LogP contribution in [0.4, 0.5) is 24.5 Å². The van der Waals surface area contributed by atoms with Crippen molar-refractivity contribution in [1.82, 2.24) is 14.8 Å². The van der Waals surface area contributed by atoms with Crippen LogP contribution < -0.4 is 15.4 Å². The van der Waals surface area contributed by atoms with E-state index in [4.69, 9.17) is 0 Å². The van der Waals surface area contributed by atoms with Gasteiger partial charge in [-0.05, 0) is 73.5 Å². The Balaban J connectivity index is 1.44. The molecule has 1 aromatic heterocycles. The van der Waals surface area contributed by atoms with Crippen molar-refractivity contribution in [1.29, 1.82) is 5.26 Å². The van der Waals surface area contributed by atoms with Gasteiger partial charge in [0, 0.05) is 16.9 Å². The zero-order chi connectivity index (χ0) is 28.2. The zero-order valence-corrected chi connectivity index (χ0v) is 21.5. The van der Waals surface area contributed by atoms with Crippen molar-refractivity contribution in [2.24, 2.45) is 0 Å². The van der Waals surface area contributed by atoms with Crippen LogP contribution in [0.25, 0.3) is 17.1 Å². The SMILES string of the molecule is Cc1cccc(C)c1NC(S)=C(C#N)C(=O)Nc1ccc(-c2ncn(-c3ccc(OC(F)(F)F)cc3)n2)cc1. The van der Waals surface area contributed by atoms with E-state index in [9.17, 15) is 23.2 Å². The van der Waals surface area contributed by atoms with Crippen LogP contribution in [-0.4, -0.2) is 27.0 Å². The number of aromatic nitrogens is 3. The molecule has 0 aliphatic heterocycles. The van der Waals surface area contributed by atoms with Gasteiger partial charge in [0.1, 0.15) is 23.7 Å². The fraction of sp³-hybridized carbons (Fsp3) is 0.111. The average Bonchev–Trinajstić information content (AvgIpc) is 3.37. The first-order valence-electron chi connectivity index (χ1n) is 11.4. The number of alkyl halides is 3. The van der Waals surface area contributed by atoms with Gasteiger partial charge in [0.15, 0.2) is 5.82 Å². The highest BCUT2D eigenvalue weighted by Crippen LogP contribution is 2.26. The number of hydrogen-bond donors (Lipinski definition) is 3. The van der Waals surface area contributed by atoms with Crippen LogP contribution in [0.5, 0.6) is 5.75 Å². The van der Waals surface area contributed by atoms with Crippen LogP contribution in [0, 0.1) is 25.2 Å². The minimum atomic E-state index is -4.77. The van der Waals surface area contributed by atoms with E-state index < -0.39 is 12.3 Å². The van der Waals surface area contributed by atoms with Crippen LogP contribution in [0.2, 0.25) is 0 Å². The summed E-state index contributed by atoms with van der Waals surface area (Å²) in [6.07, 6.45) is -3.35. The Morgan fingerprint density at radius 3 is 2.23 bits per heavy atom. The highest BCUT2D eigenvalue weighted by molar-refractivity contribution is 7.84. The second-order valence-electron chi connectivity index (χ2n) is 8.31. The number of amides is 1. The molecule has 1 heterocycles. The summed E-state index contributed by atoms with van der Waals surface area (Å²) in [5.41, 5.74) is 4.02. The number of anilines is 2. The van der Waals surface area contributed by atoms with Crippen molar-refractivity contribution < 1.29 is 22.7 Å². The number of benzene rings is 3. The molecule has 2 N–H and O–H groups in total. The molecule has 4 aromatic rings. The molecule has 198 valence electrons. The quantitative estimate of drug-likeness (QED) is 0.145. The highest BCUT2D eigenvalue weighted by atomic mass is 32.1. The Bertz CT molecular complexity index is 1550. The maximum absolute atomic E-state index is 12.8. The lowest BCUT2D eigenvalue weighted by Gasteiger charge is -2.14. The number of carbonyl (C=O) groups excluding carboxylic acids is 1. The number of halogens is 3. The van der Waals surface area contributed by atoms with Crippen LogP contribution in [0.1, 0.15) is 11.1 Å². The molecule has 0 saturated heterocycles. The van der Waals surface area contributed by atoms with E-state index in [2.05, 4.69) is 38.1 Å². The van der Waals surface area contributed by atoms with Crippen LogP contribution in [0.15, 0.2) is 83.7 Å². The fourth-order valence-corrected chi connectivity index (χ4v) is 3.88. The topological polar surface area (TPSA) is 105 Å². The van der Waals surface area contributed by atoms with Crippen molar-refractivity contribution in [3.63, 3.8) is 0 Å². The summed E-state index contributed by atoms with van der Waals surface area (Å²) in [6.45, 7) is 3.82. The summed E-state index contributed by atoms with van der Waals surface area (Å²) >= 11 is 4.35. The lowest BCUT2D eigenvalue weighted by atomic mass is 10.1. The van der Waals surface area contributed by atoms with Crippen molar-refractivity contribution in [3.05, 3.63) is 94.8 Å². The summed E-state index contributed by atoms with van der Waals surface area (Å²) in [7, 11) is 0. The smallest absolute Gasteiger partial charge is 0.406 e. The lowest BCUT2D eigenvalue weighted by molar-refractivity contribution is -0.274.